The Morgan fingerprint density at radius 1 is 1.16 bits per heavy atom. The number of fused-ring (bicyclic) bond motifs is 1. The number of ketones is 1. The molecule has 2 heterocycles. The van der Waals surface area contributed by atoms with Gasteiger partial charge in [0.25, 0.3) is 0 Å². The van der Waals surface area contributed by atoms with E-state index in [2.05, 4.69) is 15.3 Å². The monoisotopic (exact) mass is 349 g/mol. The summed E-state index contributed by atoms with van der Waals surface area (Å²) >= 11 is 1.35. The van der Waals surface area contributed by atoms with Crippen molar-refractivity contribution in [3.63, 3.8) is 0 Å². The van der Waals surface area contributed by atoms with Gasteiger partial charge in [-0.2, -0.15) is 4.98 Å². The zero-order valence-corrected chi connectivity index (χ0v) is 14.3. The van der Waals surface area contributed by atoms with Crippen molar-refractivity contribution in [1.29, 1.82) is 0 Å². The standard InChI is InChI=1S/C19H15N3O2S/c1-12-7-8-17-14(9-12)20-18(24-17)22-19-21-15(11-25-19)16(23)10-13-5-3-2-4-6-13/h2-9,11H,10H2,1H3,(H,20,21,22). The van der Waals surface area contributed by atoms with Gasteiger partial charge in [0.05, 0.1) is 0 Å². The van der Waals surface area contributed by atoms with Crippen molar-refractivity contribution in [3.8, 4) is 0 Å². The Balaban J connectivity index is 1.49. The average Bonchev–Trinajstić information content (AvgIpc) is 3.22. The van der Waals surface area contributed by atoms with E-state index in [4.69, 9.17) is 4.42 Å². The molecule has 124 valence electrons. The molecular weight excluding hydrogens is 334 g/mol. The number of aryl methyl sites for hydroxylation is 1. The molecule has 0 saturated carbocycles. The van der Waals surface area contributed by atoms with E-state index in [1.165, 1.54) is 11.3 Å². The van der Waals surface area contributed by atoms with Gasteiger partial charge in [-0.15, -0.1) is 11.3 Å². The number of nitrogens with one attached hydrogen (secondary N) is 1. The van der Waals surface area contributed by atoms with Gasteiger partial charge in [-0.05, 0) is 30.2 Å². The molecule has 0 aliphatic rings. The SMILES string of the molecule is Cc1ccc2oc(Nc3nc(C(=O)Cc4ccccc4)cs3)nc2c1. The number of aromatic nitrogens is 2. The highest BCUT2D eigenvalue weighted by Gasteiger charge is 2.13. The minimum absolute atomic E-state index is 0.0105. The molecule has 2 aromatic carbocycles. The number of oxazole rings is 1. The minimum atomic E-state index is -0.0105. The van der Waals surface area contributed by atoms with E-state index in [0.29, 0.717) is 28.8 Å². The summed E-state index contributed by atoms with van der Waals surface area (Å²) in [6.07, 6.45) is 0.339. The van der Waals surface area contributed by atoms with Gasteiger partial charge in [-0.25, -0.2) is 4.98 Å². The number of Topliss-reactive ketones (excluding diaryl/α,β-unsaturated/α-hetero) is 1. The lowest BCUT2D eigenvalue weighted by Gasteiger charge is -1.98. The van der Waals surface area contributed by atoms with Crippen LogP contribution in [0.3, 0.4) is 0 Å². The summed E-state index contributed by atoms with van der Waals surface area (Å²) in [5.41, 5.74) is 4.05. The van der Waals surface area contributed by atoms with E-state index in [0.717, 1.165) is 16.6 Å². The van der Waals surface area contributed by atoms with E-state index in [1.54, 1.807) is 5.38 Å². The lowest BCUT2D eigenvalue weighted by atomic mass is 10.1. The number of nitrogens with zero attached hydrogens (tertiary/aromatic N) is 2. The zero-order valence-electron chi connectivity index (χ0n) is 13.5. The van der Waals surface area contributed by atoms with Crippen LogP contribution in [0, 0.1) is 6.92 Å². The third-order valence-corrected chi connectivity index (χ3v) is 4.51. The van der Waals surface area contributed by atoms with Crippen molar-refractivity contribution >= 4 is 39.4 Å². The number of hydrogen-bond donors (Lipinski definition) is 1. The number of rotatable bonds is 5. The van der Waals surface area contributed by atoms with Crippen LogP contribution in [0.2, 0.25) is 0 Å². The molecule has 1 N–H and O–H groups in total. The maximum absolute atomic E-state index is 12.3. The molecule has 0 bridgehead atoms. The molecule has 0 unspecified atom stereocenters. The van der Waals surface area contributed by atoms with E-state index >= 15 is 0 Å². The molecule has 0 fully saturated rings. The Labute approximate surface area is 148 Å². The first-order valence-electron chi connectivity index (χ1n) is 7.84. The van der Waals surface area contributed by atoms with Crippen LogP contribution >= 0.6 is 11.3 Å². The first-order valence-corrected chi connectivity index (χ1v) is 8.72. The summed E-state index contributed by atoms with van der Waals surface area (Å²) in [7, 11) is 0. The predicted octanol–water partition coefficient (Wildman–Crippen LogP) is 4.76. The lowest BCUT2D eigenvalue weighted by Crippen LogP contribution is -2.04. The van der Waals surface area contributed by atoms with Crippen molar-refractivity contribution in [1.82, 2.24) is 9.97 Å². The van der Waals surface area contributed by atoms with Gasteiger partial charge >= 0.3 is 6.01 Å². The van der Waals surface area contributed by atoms with Crippen molar-refractivity contribution in [2.24, 2.45) is 0 Å². The first-order chi connectivity index (χ1) is 12.2. The van der Waals surface area contributed by atoms with Crippen molar-refractivity contribution < 1.29 is 9.21 Å². The lowest BCUT2D eigenvalue weighted by molar-refractivity contribution is 0.0989. The van der Waals surface area contributed by atoms with Gasteiger partial charge in [-0.3, -0.25) is 10.1 Å². The fourth-order valence-corrected chi connectivity index (χ4v) is 3.22. The second-order valence-corrected chi connectivity index (χ2v) is 6.60. The second kappa shape index (κ2) is 6.49. The number of carbonyl (C=O) groups excluding carboxylic acids is 1. The van der Waals surface area contributed by atoms with Gasteiger partial charge in [-0.1, -0.05) is 36.4 Å². The number of carbonyl (C=O) groups is 1. The summed E-state index contributed by atoms with van der Waals surface area (Å²) in [6, 6.07) is 15.8. The van der Waals surface area contributed by atoms with Crippen LogP contribution in [0.4, 0.5) is 11.1 Å². The predicted molar refractivity (Wildman–Crippen MR) is 98.6 cm³/mol. The van der Waals surface area contributed by atoms with Gasteiger partial charge in [0.2, 0.25) is 0 Å². The molecule has 0 atom stereocenters. The molecule has 2 aromatic heterocycles. The Morgan fingerprint density at radius 3 is 2.84 bits per heavy atom. The first kappa shape index (κ1) is 15.5. The van der Waals surface area contributed by atoms with Crippen LogP contribution in [0.25, 0.3) is 11.1 Å². The van der Waals surface area contributed by atoms with Crippen LogP contribution in [-0.2, 0) is 6.42 Å². The molecule has 5 nitrogen and oxygen atoms in total. The molecule has 0 aliphatic heterocycles. The fraction of sp³-hybridized carbons (Fsp3) is 0.105. The molecular formula is C19H15N3O2S. The number of benzene rings is 2. The maximum atomic E-state index is 12.3. The fourth-order valence-electron chi connectivity index (χ4n) is 2.51. The Kier molecular flexibility index (Phi) is 4.03. The van der Waals surface area contributed by atoms with Crippen LogP contribution in [0.5, 0.6) is 0 Å². The number of thiazole rings is 1. The topological polar surface area (TPSA) is 68.0 Å². The largest absolute Gasteiger partial charge is 0.423 e. The molecule has 0 radical (unpaired) electrons. The molecule has 0 saturated heterocycles. The quantitative estimate of drug-likeness (QED) is 0.526. The highest BCUT2D eigenvalue weighted by molar-refractivity contribution is 7.14. The summed E-state index contributed by atoms with van der Waals surface area (Å²) in [6.45, 7) is 2.01. The molecule has 4 rings (SSSR count). The zero-order chi connectivity index (χ0) is 17.2. The molecule has 25 heavy (non-hydrogen) atoms. The second-order valence-electron chi connectivity index (χ2n) is 5.74. The summed E-state index contributed by atoms with van der Waals surface area (Å²) in [4.78, 5) is 21.1. The maximum Gasteiger partial charge on any atom is 0.302 e. The van der Waals surface area contributed by atoms with Crippen LogP contribution < -0.4 is 5.32 Å². The highest BCUT2D eigenvalue weighted by atomic mass is 32.1. The van der Waals surface area contributed by atoms with Gasteiger partial charge in [0, 0.05) is 11.8 Å². The van der Waals surface area contributed by atoms with Crippen LogP contribution in [0.15, 0.2) is 58.3 Å². The molecule has 4 aromatic rings. The Hall–Kier alpha value is -2.99. The summed E-state index contributed by atoms with van der Waals surface area (Å²) in [5.74, 6) is -0.0105. The Morgan fingerprint density at radius 2 is 2.00 bits per heavy atom. The third-order valence-electron chi connectivity index (χ3n) is 3.75. The van der Waals surface area contributed by atoms with Crippen LogP contribution in [0.1, 0.15) is 21.6 Å². The van der Waals surface area contributed by atoms with E-state index in [-0.39, 0.29) is 5.78 Å². The van der Waals surface area contributed by atoms with Crippen molar-refractivity contribution in [2.75, 3.05) is 5.32 Å². The van der Waals surface area contributed by atoms with Gasteiger partial charge in [0.15, 0.2) is 16.5 Å². The molecule has 0 aliphatic carbocycles. The Bertz CT molecular complexity index is 1040. The van der Waals surface area contributed by atoms with Crippen molar-refractivity contribution in [3.05, 3.63) is 70.7 Å². The summed E-state index contributed by atoms with van der Waals surface area (Å²) in [5, 5.41) is 5.36. The van der Waals surface area contributed by atoms with Gasteiger partial charge in [0.1, 0.15) is 11.2 Å². The van der Waals surface area contributed by atoms with Gasteiger partial charge < -0.3 is 4.42 Å². The van der Waals surface area contributed by atoms with E-state index in [9.17, 15) is 4.79 Å². The minimum Gasteiger partial charge on any atom is -0.423 e. The average molecular weight is 349 g/mol. The van der Waals surface area contributed by atoms with Crippen LogP contribution in [-0.4, -0.2) is 15.8 Å². The normalized spacial score (nSPS) is 10.9. The van der Waals surface area contributed by atoms with E-state index in [1.807, 2.05) is 55.5 Å². The molecule has 6 heteroatoms. The molecule has 0 spiro atoms. The smallest absolute Gasteiger partial charge is 0.302 e. The molecule has 0 amide bonds. The third kappa shape index (κ3) is 3.44. The van der Waals surface area contributed by atoms with E-state index < -0.39 is 0 Å². The number of hydrogen-bond acceptors (Lipinski definition) is 6. The highest BCUT2D eigenvalue weighted by Crippen LogP contribution is 2.25. The summed E-state index contributed by atoms with van der Waals surface area (Å²) < 4.78 is 5.65. The number of anilines is 2. The van der Waals surface area contributed by atoms with Crippen molar-refractivity contribution in [2.45, 2.75) is 13.3 Å².